The smallest absolute Gasteiger partial charge is 0.326 e. The zero-order valence-corrected chi connectivity index (χ0v) is 16.8. The molecule has 4 rings (SSSR count). The van der Waals surface area contributed by atoms with Gasteiger partial charge in [-0.1, -0.05) is 67.6 Å². The first-order valence-corrected chi connectivity index (χ1v) is 10.3. The molecule has 0 aliphatic rings. The fraction of sp³-hybridized carbons (Fsp3) is 0.174. The van der Waals surface area contributed by atoms with Crippen LogP contribution in [0.25, 0.3) is 21.6 Å². The third kappa shape index (κ3) is 4.27. The van der Waals surface area contributed by atoms with Crippen LogP contribution >= 0.6 is 11.3 Å². The molecule has 2 N–H and O–H groups in total. The van der Waals surface area contributed by atoms with E-state index < -0.39 is 12.0 Å². The second-order valence-corrected chi connectivity index (χ2v) is 7.89. The highest BCUT2D eigenvalue weighted by molar-refractivity contribution is 7.18. The molecule has 146 valence electrons. The lowest BCUT2D eigenvalue weighted by molar-refractivity contribution is -0.137. The van der Waals surface area contributed by atoms with Crippen LogP contribution in [-0.4, -0.2) is 27.1 Å². The highest BCUT2D eigenvalue weighted by Crippen LogP contribution is 2.32. The van der Waals surface area contributed by atoms with Crippen molar-refractivity contribution in [2.75, 3.05) is 5.32 Å². The van der Waals surface area contributed by atoms with Gasteiger partial charge in [-0.15, -0.1) is 11.3 Å². The summed E-state index contributed by atoms with van der Waals surface area (Å²) < 4.78 is 0. The van der Waals surface area contributed by atoms with E-state index in [-0.39, 0.29) is 0 Å². The van der Waals surface area contributed by atoms with Crippen LogP contribution in [-0.2, 0) is 17.6 Å². The number of nitrogens with one attached hydrogen (secondary N) is 1. The molecular weight excluding hydrogens is 382 g/mol. The van der Waals surface area contributed by atoms with Gasteiger partial charge < -0.3 is 10.4 Å². The Labute approximate surface area is 173 Å². The van der Waals surface area contributed by atoms with E-state index in [9.17, 15) is 9.90 Å². The van der Waals surface area contributed by atoms with Crippen molar-refractivity contribution in [3.05, 3.63) is 77.2 Å². The molecule has 2 heterocycles. The number of carbonyl (C=O) groups is 1. The molecule has 0 spiro atoms. The molecule has 5 nitrogen and oxygen atoms in total. The third-order valence-corrected chi connectivity index (χ3v) is 5.89. The molecule has 0 aliphatic carbocycles. The van der Waals surface area contributed by atoms with Crippen molar-refractivity contribution in [2.24, 2.45) is 0 Å². The zero-order chi connectivity index (χ0) is 20.2. The lowest BCUT2D eigenvalue weighted by atomic mass is 10.1. The Balaban J connectivity index is 1.76. The molecule has 4 aromatic rings. The number of aliphatic carboxylic acids is 1. The zero-order valence-electron chi connectivity index (χ0n) is 16.0. The van der Waals surface area contributed by atoms with E-state index in [1.54, 1.807) is 11.3 Å². The molecule has 0 saturated carbocycles. The molecule has 0 fully saturated rings. The summed E-state index contributed by atoms with van der Waals surface area (Å²) >= 11 is 1.62. The van der Waals surface area contributed by atoms with Gasteiger partial charge in [0.1, 0.15) is 16.7 Å². The number of nitrogens with zero attached hydrogens (tertiary/aromatic N) is 2. The minimum Gasteiger partial charge on any atom is -0.480 e. The van der Waals surface area contributed by atoms with E-state index in [1.165, 1.54) is 4.88 Å². The highest BCUT2D eigenvalue weighted by atomic mass is 32.1. The molecule has 2 aromatic heterocycles. The van der Waals surface area contributed by atoms with Crippen LogP contribution in [0.3, 0.4) is 0 Å². The first-order valence-electron chi connectivity index (χ1n) is 9.53. The maximum absolute atomic E-state index is 12.0. The van der Waals surface area contributed by atoms with Crippen LogP contribution in [0.4, 0.5) is 5.82 Å². The predicted molar refractivity (Wildman–Crippen MR) is 117 cm³/mol. The van der Waals surface area contributed by atoms with Gasteiger partial charge in [-0.25, -0.2) is 14.8 Å². The maximum Gasteiger partial charge on any atom is 0.326 e. The molecule has 6 heteroatoms. The highest BCUT2D eigenvalue weighted by Gasteiger charge is 2.21. The van der Waals surface area contributed by atoms with Crippen LogP contribution in [0, 0.1) is 0 Å². The van der Waals surface area contributed by atoms with Crippen LogP contribution in [0.5, 0.6) is 0 Å². The van der Waals surface area contributed by atoms with Crippen LogP contribution in [0.15, 0.2) is 66.7 Å². The van der Waals surface area contributed by atoms with Gasteiger partial charge in [0.05, 0.1) is 5.39 Å². The largest absolute Gasteiger partial charge is 0.480 e. The minimum atomic E-state index is -0.909. The minimum absolute atomic E-state index is 0.368. The van der Waals surface area contributed by atoms with Gasteiger partial charge in [-0.05, 0) is 18.1 Å². The van der Waals surface area contributed by atoms with Gasteiger partial charge in [0.25, 0.3) is 0 Å². The number of thiophene rings is 1. The first kappa shape index (κ1) is 19.1. The Hall–Kier alpha value is -3.25. The molecule has 2 aromatic carbocycles. The number of hydrogen-bond donors (Lipinski definition) is 2. The molecular formula is C23H21N3O2S. The van der Waals surface area contributed by atoms with Crippen LogP contribution in [0.1, 0.15) is 17.4 Å². The van der Waals surface area contributed by atoms with Crippen molar-refractivity contribution in [3.63, 3.8) is 0 Å². The number of carboxylic acid groups (broad SMARTS) is 1. The van der Waals surface area contributed by atoms with Crippen molar-refractivity contribution in [3.8, 4) is 11.4 Å². The van der Waals surface area contributed by atoms with Crippen molar-refractivity contribution >= 4 is 33.3 Å². The number of carboxylic acids is 1. The third-order valence-electron chi connectivity index (χ3n) is 4.72. The summed E-state index contributed by atoms with van der Waals surface area (Å²) in [5, 5.41) is 13.8. The van der Waals surface area contributed by atoms with Crippen molar-refractivity contribution < 1.29 is 9.90 Å². The SMILES string of the molecule is CCc1cc2c(NC(Cc3ccccc3)C(=O)O)nc(-c3ccccc3)nc2s1. The first-order chi connectivity index (χ1) is 14.1. The monoisotopic (exact) mass is 403 g/mol. The lowest BCUT2D eigenvalue weighted by Crippen LogP contribution is -2.32. The summed E-state index contributed by atoms with van der Waals surface area (Å²) in [7, 11) is 0. The van der Waals surface area contributed by atoms with E-state index in [4.69, 9.17) is 9.97 Å². The van der Waals surface area contributed by atoms with Gasteiger partial charge in [0.15, 0.2) is 5.82 Å². The molecule has 0 radical (unpaired) electrons. The summed E-state index contributed by atoms with van der Waals surface area (Å²) in [6.45, 7) is 2.10. The maximum atomic E-state index is 12.0. The molecule has 1 unspecified atom stereocenters. The van der Waals surface area contributed by atoms with Crippen LogP contribution in [0.2, 0.25) is 0 Å². The quantitative estimate of drug-likeness (QED) is 0.453. The second kappa shape index (κ2) is 8.41. The molecule has 0 bridgehead atoms. The lowest BCUT2D eigenvalue weighted by Gasteiger charge is -2.16. The number of benzene rings is 2. The molecule has 29 heavy (non-hydrogen) atoms. The molecule has 0 amide bonds. The van der Waals surface area contributed by atoms with Gasteiger partial charge >= 0.3 is 5.97 Å². The van der Waals surface area contributed by atoms with E-state index in [0.717, 1.165) is 27.8 Å². The molecule has 0 saturated heterocycles. The fourth-order valence-electron chi connectivity index (χ4n) is 3.19. The average Bonchev–Trinajstić information content (AvgIpc) is 3.18. The van der Waals surface area contributed by atoms with Gasteiger partial charge in [0, 0.05) is 16.9 Å². The summed E-state index contributed by atoms with van der Waals surface area (Å²) in [6, 6.07) is 20.6. The average molecular weight is 404 g/mol. The summed E-state index contributed by atoms with van der Waals surface area (Å²) in [5.74, 6) is 0.245. The summed E-state index contributed by atoms with van der Waals surface area (Å²) in [5.41, 5.74) is 1.86. The Morgan fingerprint density at radius 1 is 1.07 bits per heavy atom. The van der Waals surface area contributed by atoms with Crippen molar-refractivity contribution in [1.29, 1.82) is 0 Å². The topological polar surface area (TPSA) is 75.1 Å². The number of aromatic nitrogens is 2. The second-order valence-electron chi connectivity index (χ2n) is 6.77. The fourth-order valence-corrected chi connectivity index (χ4v) is 4.15. The Kier molecular flexibility index (Phi) is 5.53. The number of rotatable bonds is 7. The Bertz CT molecular complexity index is 1130. The van der Waals surface area contributed by atoms with E-state index in [0.29, 0.717) is 18.1 Å². The van der Waals surface area contributed by atoms with Crippen LogP contribution < -0.4 is 5.32 Å². The molecule has 1 atom stereocenters. The van der Waals surface area contributed by atoms with Crippen molar-refractivity contribution in [1.82, 2.24) is 9.97 Å². The number of aryl methyl sites for hydroxylation is 1. The Morgan fingerprint density at radius 3 is 2.41 bits per heavy atom. The van der Waals surface area contributed by atoms with E-state index >= 15 is 0 Å². The number of fused-ring (bicyclic) bond motifs is 1. The van der Waals surface area contributed by atoms with Gasteiger partial charge in [-0.2, -0.15) is 0 Å². The van der Waals surface area contributed by atoms with E-state index in [1.807, 2.05) is 60.7 Å². The predicted octanol–water partition coefficient (Wildman–Crippen LogP) is 5.03. The normalized spacial score (nSPS) is 12.0. The standard InChI is InChI=1S/C23H21N3O2S/c1-2-17-14-18-21(24-19(23(27)28)13-15-9-5-3-6-10-15)25-20(26-22(18)29-17)16-11-7-4-8-12-16/h3-12,14,19H,2,13H2,1H3,(H,27,28)(H,24,25,26). The van der Waals surface area contributed by atoms with Gasteiger partial charge in [0.2, 0.25) is 0 Å². The molecule has 0 aliphatic heterocycles. The number of anilines is 1. The van der Waals surface area contributed by atoms with Crippen molar-refractivity contribution in [2.45, 2.75) is 25.8 Å². The Morgan fingerprint density at radius 2 is 1.76 bits per heavy atom. The van der Waals surface area contributed by atoms with Gasteiger partial charge in [-0.3, -0.25) is 0 Å². The van der Waals surface area contributed by atoms with E-state index in [2.05, 4.69) is 18.3 Å². The summed E-state index contributed by atoms with van der Waals surface area (Å²) in [6.07, 6.45) is 1.26. The number of hydrogen-bond acceptors (Lipinski definition) is 5. The summed E-state index contributed by atoms with van der Waals surface area (Å²) in [4.78, 5) is 23.4.